The summed E-state index contributed by atoms with van der Waals surface area (Å²) < 4.78 is 41.4. The number of rotatable bonds is 9. The molecule has 218 valence electrons. The summed E-state index contributed by atoms with van der Waals surface area (Å²) in [4.78, 5) is 24.2. The second-order valence-electron chi connectivity index (χ2n) is 10.9. The van der Waals surface area contributed by atoms with Crippen molar-refractivity contribution < 1.29 is 22.7 Å². The van der Waals surface area contributed by atoms with Crippen LogP contribution in [0.15, 0.2) is 65.8 Å². The van der Waals surface area contributed by atoms with Gasteiger partial charge in [-0.05, 0) is 55.5 Å². The Balaban J connectivity index is 1.22. The third-order valence-corrected chi connectivity index (χ3v) is 9.16. The zero-order valence-corrected chi connectivity index (χ0v) is 24.7. The Labute approximate surface area is 244 Å². The lowest BCUT2D eigenvalue weighted by atomic mass is 9.92. The number of sulfonamides is 1. The molecule has 0 radical (unpaired) electrons. The predicted octanol–water partition coefficient (Wildman–Crippen LogP) is 3.62. The molecule has 1 aliphatic carbocycles. The van der Waals surface area contributed by atoms with Crippen LogP contribution in [0.3, 0.4) is 0 Å². The van der Waals surface area contributed by atoms with Gasteiger partial charge in [-0.25, -0.2) is 18.1 Å². The second-order valence-corrected chi connectivity index (χ2v) is 12.6. The molecule has 2 aromatic heterocycles. The molecule has 0 bridgehead atoms. The lowest BCUT2D eigenvalue weighted by Gasteiger charge is -2.40. The van der Waals surface area contributed by atoms with E-state index in [1.165, 1.54) is 17.1 Å². The highest BCUT2D eigenvalue weighted by Crippen LogP contribution is 2.50. The number of carbonyl (C=O) groups excluding carboxylic acids is 1. The van der Waals surface area contributed by atoms with E-state index in [2.05, 4.69) is 19.8 Å². The Morgan fingerprint density at radius 3 is 2.33 bits per heavy atom. The quantitative estimate of drug-likeness (QED) is 0.314. The van der Waals surface area contributed by atoms with Crippen LogP contribution in [0.4, 0.5) is 5.95 Å². The molecule has 1 saturated carbocycles. The van der Waals surface area contributed by atoms with Gasteiger partial charge in [-0.15, -0.1) is 0 Å². The first-order chi connectivity index (χ1) is 20.1. The fraction of sp³-hybridized carbons (Fsp3) is 0.333. The van der Waals surface area contributed by atoms with Gasteiger partial charge in [0.2, 0.25) is 17.7 Å². The van der Waals surface area contributed by atoms with Crippen LogP contribution in [-0.4, -0.2) is 65.3 Å². The predicted molar refractivity (Wildman–Crippen MR) is 156 cm³/mol. The molecule has 3 heterocycles. The van der Waals surface area contributed by atoms with Gasteiger partial charge < -0.3 is 14.4 Å². The molecule has 12 heteroatoms. The van der Waals surface area contributed by atoms with E-state index in [0.29, 0.717) is 18.8 Å². The van der Waals surface area contributed by atoms with Crippen LogP contribution in [0.25, 0.3) is 11.3 Å². The van der Waals surface area contributed by atoms with Crippen LogP contribution in [0.5, 0.6) is 11.6 Å². The van der Waals surface area contributed by atoms with Crippen LogP contribution >= 0.6 is 0 Å². The van der Waals surface area contributed by atoms with Crippen molar-refractivity contribution in [3.05, 3.63) is 77.6 Å². The molecule has 2 fully saturated rings. The number of amides is 1. The van der Waals surface area contributed by atoms with Gasteiger partial charge in [-0.2, -0.15) is 10.1 Å². The summed E-state index contributed by atoms with van der Waals surface area (Å²) >= 11 is 0. The molecule has 0 atom stereocenters. The third kappa shape index (κ3) is 5.18. The van der Waals surface area contributed by atoms with E-state index in [-0.39, 0.29) is 28.7 Å². The number of methoxy groups -OCH3 is 1. The highest BCUT2D eigenvalue weighted by atomic mass is 32.2. The summed E-state index contributed by atoms with van der Waals surface area (Å²) in [5.74, 6) is 0.959. The SMILES string of the molecule is COc1ccc(C2(C(=O)N3CC(Oc4cc(-c5c(C)cccc5C)nc(NS(=O)(=O)c5cnn(C)c5)n4)C3)CC2)cc1. The minimum absolute atomic E-state index is 0.00689. The molecular formula is C30H32N6O5S. The molecule has 4 aromatic rings. The van der Waals surface area contributed by atoms with E-state index in [4.69, 9.17) is 9.47 Å². The fourth-order valence-corrected chi connectivity index (χ4v) is 6.33. The summed E-state index contributed by atoms with van der Waals surface area (Å²) in [6, 6.07) is 15.3. The van der Waals surface area contributed by atoms with Gasteiger partial charge in [0, 0.05) is 24.9 Å². The number of ether oxygens (including phenoxy) is 2. The number of hydrogen-bond acceptors (Lipinski definition) is 8. The minimum Gasteiger partial charge on any atom is -0.497 e. The molecular weight excluding hydrogens is 556 g/mol. The number of nitrogens with one attached hydrogen (secondary N) is 1. The first kappa shape index (κ1) is 27.7. The summed E-state index contributed by atoms with van der Waals surface area (Å²) in [6.45, 7) is 4.76. The Kier molecular flexibility index (Phi) is 6.88. The second kappa shape index (κ2) is 10.4. The zero-order chi connectivity index (χ0) is 29.6. The standard InChI is InChI=1S/C30H32N6O5S/c1-19-6-5-7-20(2)27(19)25-14-26(33-29(32-25)34-42(38,39)24-15-31-35(3)18-24)41-23-16-36(17-23)28(37)30(12-13-30)21-8-10-22(40-4)11-9-21/h5-11,14-15,18,23H,12-13,16-17H2,1-4H3,(H,32,33,34). The fourth-order valence-electron chi connectivity index (χ4n) is 5.41. The first-order valence-electron chi connectivity index (χ1n) is 13.7. The maximum Gasteiger partial charge on any atom is 0.267 e. The summed E-state index contributed by atoms with van der Waals surface area (Å²) in [7, 11) is -0.727. The van der Waals surface area contributed by atoms with Crippen LogP contribution in [0, 0.1) is 13.8 Å². The van der Waals surface area contributed by atoms with Crippen molar-refractivity contribution in [2.45, 2.75) is 43.1 Å². The zero-order valence-electron chi connectivity index (χ0n) is 23.9. The summed E-state index contributed by atoms with van der Waals surface area (Å²) in [5.41, 5.74) is 3.87. The van der Waals surface area contributed by atoms with Crippen LogP contribution in [-0.2, 0) is 27.3 Å². The number of anilines is 1. The summed E-state index contributed by atoms with van der Waals surface area (Å²) in [5, 5.41) is 3.95. The Bertz CT molecular complexity index is 1740. The highest BCUT2D eigenvalue weighted by molar-refractivity contribution is 7.92. The largest absolute Gasteiger partial charge is 0.497 e. The topological polar surface area (TPSA) is 129 Å². The van der Waals surface area contributed by atoms with Gasteiger partial charge in [0.05, 0.1) is 37.5 Å². The molecule has 2 aromatic carbocycles. The smallest absolute Gasteiger partial charge is 0.267 e. The molecule has 0 unspecified atom stereocenters. The summed E-state index contributed by atoms with van der Waals surface area (Å²) in [6.07, 6.45) is 3.99. The molecule has 2 aliphatic rings. The van der Waals surface area contributed by atoms with Gasteiger partial charge in [-0.1, -0.05) is 30.3 Å². The Morgan fingerprint density at radius 2 is 1.74 bits per heavy atom. The number of nitrogens with zero attached hydrogens (tertiary/aromatic N) is 5. The van der Waals surface area contributed by atoms with Crippen molar-refractivity contribution in [3.63, 3.8) is 0 Å². The average Bonchev–Trinajstić information content (AvgIpc) is 3.63. The van der Waals surface area contributed by atoms with E-state index in [0.717, 1.165) is 40.8 Å². The number of likely N-dealkylation sites (tertiary alicyclic amines) is 1. The molecule has 1 aliphatic heterocycles. The van der Waals surface area contributed by atoms with E-state index >= 15 is 0 Å². The Morgan fingerprint density at radius 1 is 1.05 bits per heavy atom. The lowest BCUT2D eigenvalue weighted by Crippen LogP contribution is -2.58. The monoisotopic (exact) mass is 588 g/mol. The van der Waals surface area contributed by atoms with Crippen molar-refractivity contribution in [2.75, 3.05) is 24.9 Å². The number of aromatic nitrogens is 4. The van der Waals surface area contributed by atoms with Crippen LogP contribution < -0.4 is 14.2 Å². The van der Waals surface area contributed by atoms with Gasteiger partial charge in [0.15, 0.2) is 0 Å². The van der Waals surface area contributed by atoms with E-state index in [1.807, 2.05) is 61.2 Å². The van der Waals surface area contributed by atoms with E-state index in [1.54, 1.807) is 20.2 Å². The van der Waals surface area contributed by atoms with E-state index in [9.17, 15) is 13.2 Å². The van der Waals surface area contributed by atoms with Crippen LogP contribution in [0.1, 0.15) is 29.5 Å². The number of aryl methyl sites for hydroxylation is 3. The number of hydrogen-bond donors (Lipinski definition) is 1. The minimum atomic E-state index is -3.98. The molecule has 0 spiro atoms. The van der Waals surface area contributed by atoms with Crippen molar-refractivity contribution in [2.24, 2.45) is 7.05 Å². The molecule has 6 rings (SSSR count). The molecule has 1 amide bonds. The maximum absolute atomic E-state index is 13.5. The van der Waals surface area contributed by atoms with Crippen molar-refractivity contribution in [1.29, 1.82) is 0 Å². The number of carbonyl (C=O) groups is 1. The van der Waals surface area contributed by atoms with Crippen molar-refractivity contribution in [3.8, 4) is 22.9 Å². The van der Waals surface area contributed by atoms with E-state index < -0.39 is 15.4 Å². The molecule has 11 nitrogen and oxygen atoms in total. The van der Waals surface area contributed by atoms with Crippen molar-refractivity contribution in [1.82, 2.24) is 24.6 Å². The highest BCUT2D eigenvalue weighted by Gasteiger charge is 2.55. The average molecular weight is 589 g/mol. The van der Waals surface area contributed by atoms with Crippen molar-refractivity contribution >= 4 is 21.9 Å². The van der Waals surface area contributed by atoms with Gasteiger partial charge in [-0.3, -0.25) is 9.48 Å². The lowest BCUT2D eigenvalue weighted by molar-refractivity contribution is -0.143. The maximum atomic E-state index is 13.5. The first-order valence-corrected chi connectivity index (χ1v) is 15.1. The Hall–Kier alpha value is -4.45. The van der Waals surface area contributed by atoms with Gasteiger partial charge in [0.1, 0.15) is 16.7 Å². The normalized spacial score (nSPS) is 16.0. The molecule has 1 N–H and O–H groups in total. The van der Waals surface area contributed by atoms with Crippen LogP contribution in [0.2, 0.25) is 0 Å². The third-order valence-electron chi connectivity index (χ3n) is 7.88. The molecule has 1 saturated heterocycles. The molecule has 42 heavy (non-hydrogen) atoms. The van der Waals surface area contributed by atoms with Gasteiger partial charge in [0.25, 0.3) is 10.0 Å². The van der Waals surface area contributed by atoms with Gasteiger partial charge >= 0.3 is 0 Å². The number of benzene rings is 2.